The van der Waals surface area contributed by atoms with Gasteiger partial charge >= 0.3 is 0 Å². The molecule has 0 radical (unpaired) electrons. The molecule has 10 rings (SSSR count). The van der Waals surface area contributed by atoms with Crippen LogP contribution in [0.5, 0.6) is 5.75 Å². The maximum Gasteiger partial charge on any atom is 0.189 e. The Labute approximate surface area is 276 Å². The van der Waals surface area contributed by atoms with Crippen molar-refractivity contribution >= 4 is 34.1 Å². The van der Waals surface area contributed by atoms with Crippen molar-refractivity contribution in [3.05, 3.63) is 150 Å². The van der Waals surface area contributed by atoms with Gasteiger partial charge in [0.15, 0.2) is 11.6 Å². The van der Waals surface area contributed by atoms with E-state index in [1.165, 1.54) is 0 Å². The molecule has 0 saturated carbocycles. The summed E-state index contributed by atoms with van der Waals surface area (Å²) in [6, 6.07) is 39.8. The molecule has 1 aromatic heterocycles. The largest absolute Gasteiger partial charge is 0.492 e. The molecule has 5 aromatic carbocycles. The third kappa shape index (κ3) is 3.33. The van der Waals surface area contributed by atoms with E-state index in [2.05, 4.69) is 41.4 Å². The molecule has 6 nitrogen and oxygen atoms in total. The summed E-state index contributed by atoms with van der Waals surface area (Å²) in [6.45, 7) is 0.0893. The fourth-order valence-electron chi connectivity index (χ4n) is 9.16. The van der Waals surface area contributed by atoms with Crippen LogP contribution in [0.25, 0.3) is 27.7 Å². The van der Waals surface area contributed by atoms with E-state index in [1.54, 1.807) is 0 Å². The van der Waals surface area contributed by atoms with Crippen LogP contribution in [-0.4, -0.2) is 50.5 Å². The lowest BCUT2D eigenvalue weighted by molar-refractivity contribution is 0.00651. The highest BCUT2D eigenvalue weighted by atomic mass is 32.2. The van der Waals surface area contributed by atoms with Crippen LogP contribution in [0.4, 0.5) is 0 Å². The predicted octanol–water partition coefficient (Wildman–Crippen LogP) is 7.52. The molecule has 47 heavy (non-hydrogen) atoms. The lowest BCUT2D eigenvalue weighted by Gasteiger charge is -2.48. The first-order chi connectivity index (χ1) is 23.1. The normalized spacial score (nSPS) is 25.9. The Balaban J connectivity index is 1.32. The number of ketones is 2. The van der Waals surface area contributed by atoms with Crippen molar-refractivity contribution in [2.45, 2.75) is 17.5 Å². The highest BCUT2D eigenvalue weighted by Crippen LogP contribution is 2.70. The van der Waals surface area contributed by atoms with Crippen molar-refractivity contribution in [1.82, 2.24) is 14.7 Å². The van der Waals surface area contributed by atoms with Crippen LogP contribution in [-0.2, 0) is 5.54 Å². The number of hydrogen-bond donors (Lipinski definition) is 0. The maximum absolute atomic E-state index is 15.7. The van der Waals surface area contributed by atoms with Crippen molar-refractivity contribution in [3.63, 3.8) is 0 Å². The zero-order valence-corrected chi connectivity index (χ0v) is 26.2. The fourth-order valence-corrected chi connectivity index (χ4v) is 10.5. The quantitative estimate of drug-likeness (QED) is 0.201. The number of fused-ring (bicyclic) bond motifs is 5. The van der Waals surface area contributed by atoms with Crippen molar-refractivity contribution < 1.29 is 14.3 Å². The molecule has 0 bridgehead atoms. The van der Waals surface area contributed by atoms with E-state index in [-0.39, 0.29) is 30.1 Å². The molecule has 4 aliphatic rings. The van der Waals surface area contributed by atoms with E-state index in [4.69, 9.17) is 9.84 Å². The summed E-state index contributed by atoms with van der Waals surface area (Å²) in [6.07, 6.45) is 2.10. The minimum atomic E-state index is -1.26. The molecular formula is C40H29N3O3S. The number of Topliss-reactive ketones (excluding diaryl/α,β-unsaturated/α-hetero) is 2. The van der Waals surface area contributed by atoms with E-state index in [9.17, 15) is 0 Å². The summed E-state index contributed by atoms with van der Waals surface area (Å²) in [7, 11) is 0. The van der Waals surface area contributed by atoms with Crippen molar-refractivity contribution in [3.8, 4) is 22.7 Å². The molecule has 2 saturated heterocycles. The number of carbonyl (C=O) groups excluding carboxylic acids is 2. The molecule has 3 aliphatic heterocycles. The first-order valence-electron chi connectivity index (χ1n) is 16.0. The van der Waals surface area contributed by atoms with Gasteiger partial charge in [-0.2, -0.15) is 5.10 Å². The molecule has 2 fully saturated rings. The number of nitrogens with zero attached hydrogens (tertiary/aromatic N) is 3. The highest BCUT2D eigenvalue weighted by Gasteiger charge is 2.79. The number of para-hydroxylation sites is 2. The van der Waals surface area contributed by atoms with Gasteiger partial charge < -0.3 is 4.74 Å². The van der Waals surface area contributed by atoms with E-state index in [0.717, 1.165) is 44.6 Å². The Morgan fingerprint density at radius 2 is 1.49 bits per heavy atom. The Morgan fingerprint density at radius 1 is 0.766 bits per heavy atom. The summed E-state index contributed by atoms with van der Waals surface area (Å²) in [4.78, 5) is 33.5. The summed E-state index contributed by atoms with van der Waals surface area (Å²) in [5, 5.41) is 7.19. The first kappa shape index (κ1) is 27.2. The van der Waals surface area contributed by atoms with Crippen LogP contribution < -0.4 is 4.74 Å². The lowest BCUT2D eigenvalue weighted by Crippen LogP contribution is -2.62. The van der Waals surface area contributed by atoms with Gasteiger partial charge in [0.25, 0.3) is 0 Å². The zero-order chi connectivity index (χ0) is 31.3. The van der Waals surface area contributed by atoms with Gasteiger partial charge in [-0.25, -0.2) is 4.68 Å². The third-order valence-electron chi connectivity index (χ3n) is 10.9. The average molecular weight is 632 g/mol. The number of thioether (sulfide) groups is 1. The fraction of sp³-hybridized carbons (Fsp3) is 0.175. The minimum Gasteiger partial charge on any atom is -0.492 e. The zero-order valence-electron chi connectivity index (χ0n) is 25.4. The highest BCUT2D eigenvalue weighted by molar-refractivity contribution is 7.99. The average Bonchev–Trinajstić information content (AvgIpc) is 3.88. The number of ether oxygens (including phenoxy) is 1. The van der Waals surface area contributed by atoms with Gasteiger partial charge in [-0.15, -0.1) is 11.8 Å². The van der Waals surface area contributed by atoms with Gasteiger partial charge in [-0.3, -0.25) is 14.5 Å². The monoisotopic (exact) mass is 631 g/mol. The summed E-state index contributed by atoms with van der Waals surface area (Å²) in [5.74, 6) is 1.57. The molecule has 1 aliphatic carbocycles. The van der Waals surface area contributed by atoms with E-state index < -0.39 is 11.0 Å². The van der Waals surface area contributed by atoms with Crippen LogP contribution >= 0.6 is 11.8 Å². The van der Waals surface area contributed by atoms with Crippen LogP contribution in [0.15, 0.2) is 128 Å². The smallest absolute Gasteiger partial charge is 0.189 e. The summed E-state index contributed by atoms with van der Waals surface area (Å²) in [5.41, 5.74) is 3.31. The lowest BCUT2D eigenvalue weighted by atomic mass is 9.56. The standard InChI is InChI=1S/C40H29N3O3S/c44-37-28-17-7-8-20-33(28)46-23-39(37)35(30-21-43(27-15-5-2-6-16-27)41-36(30)26-11-3-1-4-12-26)32-22-47-24-42(32)40(39)31-19-10-14-25-13-9-18-29(34(25)31)38(40)45/h1-21,32,35H,22-24H2/t32-,35-,39-,40-/m0/s1. The molecule has 7 heteroatoms. The SMILES string of the molecule is O=C1c2cccc3cccc(c23)[C@]12N1CSC[C@H]1[C@H](c1cn(-c3ccccc3)nc1-c1ccccc1)[C@]21COc2ccccc2C1=O. The van der Waals surface area contributed by atoms with Gasteiger partial charge in [-0.05, 0) is 40.6 Å². The Hall–Kier alpha value is -4.98. The third-order valence-corrected chi connectivity index (χ3v) is 12.0. The van der Waals surface area contributed by atoms with E-state index in [0.29, 0.717) is 22.8 Å². The van der Waals surface area contributed by atoms with Crippen LogP contribution in [0, 0.1) is 5.41 Å². The molecular weight excluding hydrogens is 603 g/mol. The van der Waals surface area contributed by atoms with Crippen molar-refractivity contribution in [1.29, 1.82) is 0 Å². The molecule has 4 atom stereocenters. The van der Waals surface area contributed by atoms with Gasteiger partial charge in [-0.1, -0.05) is 97.1 Å². The number of aromatic nitrogens is 2. The molecule has 0 N–H and O–H groups in total. The van der Waals surface area contributed by atoms with Gasteiger partial charge in [0, 0.05) is 46.5 Å². The maximum atomic E-state index is 15.7. The van der Waals surface area contributed by atoms with Crippen molar-refractivity contribution in [2.75, 3.05) is 18.2 Å². The predicted molar refractivity (Wildman–Crippen MR) is 183 cm³/mol. The molecule has 0 amide bonds. The first-order valence-corrected chi connectivity index (χ1v) is 17.2. The molecule has 0 unspecified atom stereocenters. The van der Waals surface area contributed by atoms with Gasteiger partial charge in [0.2, 0.25) is 0 Å². The van der Waals surface area contributed by atoms with Crippen molar-refractivity contribution in [2.24, 2.45) is 5.41 Å². The Bertz CT molecular complexity index is 2260. The summed E-state index contributed by atoms with van der Waals surface area (Å²) < 4.78 is 8.61. The molecule has 228 valence electrons. The Morgan fingerprint density at radius 3 is 2.32 bits per heavy atom. The number of benzene rings is 5. The van der Waals surface area contributed by atoms with Crippen LogP contribution in [0.1, 0.15) is 37.8 Å². The number of hydrogen-bond acceptors (Lipinski definition) is 6. The molecule has 6 aromatic rings. The molecule has 4 heterocycles. The topological polar surface area (TPSA) is 64.4 Å². The molecule has 2 spiro atoms. The van der Waals surface area contributed by atoms with E-state index in [1.807, 2.05) is 107 Å². The second-order valence-corrected chi connectivity index (χ2v) is 13.9. The van der Waals surface area contributed by atoms with Crippen LogP contribution in [0.2, 0.25) is 0 Å². The minimum absolute atomic E-state index is 0.00709. The van der Waals surface area contributed by atoms with Gasteiger partial charge in [0.1, 0.15) is 23.3 Å². The summed E-state index contributed by atoms with van der Waals surface area (Å²) >= 11 is 1.83. The van der Waals surface area contributed by atoms with Gasteiger partial charge in [0.05, 0.1) is 16.9 Å². The van der Waals surface area contributed by atoms with Crippen LogP contribution in [0.3, 0.4) is 0 Å². The Kier molecular flexibility index (Phi) is 5.64. The second-order valence-electron chi connectivity index (χ2n) is 12.9. The number of carbonyl (C=O) groups is 2. The van der Waals surface area contributed by atoms with E-state index >= 15 is 9.59 Å². The number of rotatable bonds is 3. The second kappa shape index (κ2) is 9.77.